The lowest BCUT2D eigenvalue weighted by Gasteiger charge is -2.34. The monoisotopic (exact) mass is 430 g/mol. The first kappa shape index (κ1) is 20.5. The van der Waals surface area contributed by atoms with Crippen molar-refractivity contribution in [3.05, 3.63) is 80.4 Å². The summed E-state index contributed by atoms with van der Waals surface area (Å²) in [5.74, 6) is -1.68. The van der Waals surface area contributed by atoms with Crippen LogP contribution in [0.3, 0.4) is 0 Å². The molecular formula is C22H20ClFN2O4. The Morgan fingerprint density at radius 2 is 1.93 bits per heavy atom. The average molecular weight is 431 g/mol. The number of hydrogen-bond donors (Lipinski definition) is 1. The Labute approximate surface area is 177 Å². The molecule has 3 aromatic rings. The van der Waals surface area contributed by atoms with Crippen LogP contribution in [-0.4, -0.2) is 48.0 Å². The maximum Gasteiger partial charge on any atom is 0.293 e. The van der Waals surface area contributed by atoms with E-state index in [9.17, 15) is 19.1 Å². The smallest absolute Gasteiger partial charge is 0.293 e. The number of rotatable bonds is 5. The van der Waals surface area contributed by atoms with Gasteiger partial charge in [0.05, 0.1) is 5.39 Å². The standard InChI is InChI=1S/C22H20ClFN2O4/c1-25(2)10-5-11-26-21(28)20-18(22(26,29)15-6-3-4-7-16(15)24)19(27)14-12-13(23)8-9-17(14)30-20/h3-4,6-9,12,29H,5,10-11H2,1-2H3. The summed E-state index contributed by atoms with van der Waals surface area (Å²) in [7, 11) is 3.76. The Balaban J connectivity index is 1.98. The van der Waals surface area contributed by atoms with Crippen LogP contribution in [0.25, 0.3) is 11.0 Å². The fraction of sp³-hybridized carbons (Fsp3) is 0.273. The van der Waals surface area contributed by atoms with E-state index in [4.69, 9.17) is 16.0 Å². The van der Waals surface area contributed by atoms with E-state index in [-0.39, 0.29) is 34.4 Å². The first-order valence-corrected chi connectivity index (χ1v) is 9.84. The van der Waals surface area contributed by atoms with Crippen molar-refractivity contribution in [3.8, 4) is 0 Å². The Bertz CT molecular complexity index is 1210. The summed E-state index contributed by atoms with van der Waals surface area (Å²) in [5.41, 5.74) is -3.22. The van der Waals surface area contributed by atoms with Crippen molar-refractivity contribution >= 4 is 28.5 Å². The van der Waals surface area contributed by atoms with E-state index in [1.54, 1.807) is 0 Å². The highest BCUT2D eigenvalue weighted by Crippen LogP contribution is 2.42. The van der Waals surface area contributed by atoms with Crippen LogP contribution in [0.1, 0.15) is 28.1 Å². The average Bonchev–Trinajstić information content (AvgIpc) is 2.91. The normalized spacial score (nSPS) is 18.5. The fourth-order valence-electron chi connectivity index (χ4n) is 3.87. The maximum absolute atomic E-state index is 14.8. The van der Waals surface area contributed by atoms with E-state index in [1.807, 2.05) is 19.0 Å². The first-order valence-electron chi connectivity index (χ1n) is 9.46. The summed E-state index contributed by atoms with van der Waals surface area (Å²) >= 11 is 6.03. The van der Waals surface area contributed by atoms with Gasteiger partial charge in [-0.2, -0.15) is 0 Å². The second-order valence-electron chi connectivity index (χ2n) is 7.54. The van der Waals surface area contributed by atoms with Crippen LogP contribution >= 0.6 is 11.6 Å². The van der Waals surface area contributed by atoms with Gasteiger partial charge < -0.3 is 14.4 Å². The van der Waals surface area contributed by atoms with Gasteiger partial charge in [0.15, 0.2) is 0 Å². The lowest BCUT2D eigenvalue weighted by Crippen LogP contribution is -2.47. The van der Waals surface area contributed by atoms with Crippen molar-refractivity contribution in [3.63, 3.8) is 0 Å². The van der Waals surface area contributed by atoms with Crippen LogP contribution in [0.5, 0.6) is 0 Å². The van der Waals surface area contributed by atoms with Crippen LogP contribution < -0.4 is 5.43 Å². The molecule has 4 rings (SSSR count). The van der Waals surface area contributed by atoms with Crippen molar-refractivity contribution in [1.29, 1.82) is 0 Å². The van der Waals surface area contributed by atoms with Gasteiger partial charge in [0, 0.05) is 17.1 Å². The fourth-order valence-corrected chi connectivity index (χ4v) is 4.04. The van der Waals surface area contributed by atoms with Gasteiger partial charge in [-0.3, -0.25) is 14.5 Å². The summed E-state index contributed by atoms with van der Waals surface area (Å²) in [6, 6.07) is 9.98. The predicted octanol–water partition coefficient (Wildman–Crippen LogP) is 3.19. The Morgan fingerprint density at radius 3 is 2.63 bits per heavy atom. The molecule has 0 fully saturated rings. The highest BCUT2D eigenvalue weighted by molar-refractivity contribution is 6.31. The Kier molecular flexibility index (Phi) is 5.13. The van der Waals surface area contributed by atoms with Crippen LogP contribution in [0, 0.1) is 5.82 Å². The van der Waals surface area contributed by atoms with Crippen molar-refractivity contribution < 1.29 is 18.7 Å². The molecule has 1 unspecified atom stereocenters. The number of halogens is 2. The van der Waals surface area contributed by atoms with Gasteiger partial charge in [-0.25, -0.2) is 4.39 Å². The van der Waals surface area contributed by atoms with Gasteiger partial charge in [-0.15, -0.1) is 0 Å². The second kappa shape index (κ2) is 7.50. The number of carbonyl (C=O) groups is 1. The van der Waals surface area contributed by atoms with Crippen LogP contribution in [0.4, 0.5) is 4.39 Å². The minimum Gasteiger partial charge on any atom is -0.450 e. The van der Waals surface area contributed by atoms with Gasteiger partial charge in [0.2, 0.25) is 16.9 Å². The molecule has 0 bridgehead atoms. The lowest BCUT2D eigenvalue weighted by atomic mass is 9.93. The molecule has 30 heavy (non-hydrogen) atoms. The number of aliphatic hydroxyl groups is 1. The summed E-state index contributed by atoms with van der Waals surface area (Å²) in [6.45, 7) is 0.731. The molecule has 6 nitrogen and oxygen atoms in total. The zero-order valence-electron chi connectivity index (χ0n) is 16.5. The van der Waals surface area contributed by atoms with Crippen molar-refractivity contribution in [2.45, 2.75) is 12.1 Å². The van der Waals surface area contributed by atoms with Crippen LogP contribution in [-0.2, 0) is 5.72 Å². The van der Waals surface area contributed by atoms with E-state index in [0.29, 0.717) is 18.0 Å². The highest BCUT2D eigenvalue weighted by atomic mass is 35.5. The van der Waals surface area contributed by atoms with Crippen LogP contribution in [0.15, 0.2) is 51.7 Å². The van der Waals surface area contributed by atoms with E-state index in [1.165, 1.54) is 42.5 Å². The van der Waals surface area contributed by atoms with E-state index in [2.05, 4.69) is 0 Å². The summed E-state index contributed by atoms with van der Waals surface area (Å²) in [6.07, 6.45) is 0.503. The van der Waals surface area contributed by atoms with E-state index < -0.39 is 22.9 Å². The van der Waals surface area contributed by atoms with Gasteiger partial charge >= 0.3 is 0 Å². The number of carbonyl (C=O) groups excluding carboxylic acids is 1. The molecule has 0 spiro atoms. The van der Waals surface area contributed by atoms with Crippen molar-refractivity contribution in [1.82, 2.24) is 9.80 Å². The molecule has 156 valence electrons. The molecule has 1 atom stereocenters. The summed E-state index contributed by atoms with van der Waals surface area (Å²) in [5, 5.41) is 12.2. The van der Waals surface area contributed by atoms with Gasteiger partial charge in [-0.1, -0.05) is 29.8 Å². The molecule has 2 heterocycles. The topological polar surface area (TPSA) is 74.0 Å². The molecule has 1 N–H and O–H groups in total. The molecule has 1 aliphatic heterocycles. The Hall–Kier alpha value is -2.74. The molecule has 1 aromatic heterocycles. The molecule has 0 saturated carbocycles. The van der Waals surface area contributed by atoms with Gasteiger partial charge in [-0.05, 0) is 51.3 Å². The number of amides is 1. The van der Waals surface area contributed by atoms with Crippen molar-refractivity contribution in [2.75, 3.05) is 27.2 Å². The van der Waals surface area contributed by atoms with Gasteiger partial charge in [0.1, 0.15) is 17.0 Å². The molecular weight excluding hydrogens is 411 g/mol. The van der Waals surface area contributed by atoms with E-state index >= 15 is 0 Å². The molecule has 0 aliphatic carbocycles. The van der Waals surface area contributed by atoms with Gasteiger partial charge in [0.25, 0.3) is 5.91 Å². The number of nitrogens with zero attached hydrogens (tertiary/aromatic N) is 2. The minimum atomic E-state index is -2.29. The number of fused-ring (bicyclic) bond motifs is 2. The van der Waals surface area contributed by atoms with Crippen molar-refractivity contribution in [2.24, 2.45) is 0 Å². The third-order valence-electron chi connectivity index (χ3n) is 5.27. The lowest BCUT2D eigenvalue weighted by molar-refractivity contribution is -0.0535. The summed E-state index contributed by atoms with van der Waals surface area (Å²) in [4.78, 5) is 29.6. The minimum absolute atomic E-state index is 0.0998. The highest BCUT2D eigenvalue weighted by Gasteiger charge is 2.54. The number of benzene rings is 2. The molecule has 8 heteroatoms. The summed E-state index contributed by atoms with van der Waals surface area (Å²) < 4.78 is 20.5. The maximum atomic E-state index is 14.8. The predicted molar refractivity (Wildman–Crippen MR) is 111 cm³/mol. The molecule has 0 saturated heterocycles. The quantitative estimate of drug-likeness (QED) is 0.673. The first-order chi connectivity index (χ1) is 14.2. The zero-order chi connectivity index (χ0) is 21.6. The van der Waals surface area contributed by atoms with E-state index in [0.717, 1.165) is 4.90 Å². The molecule has 1 aliphatic rings. The molecule has 2 aromatic carbocycles. The largest absolute Gasteiger partial charge is 0.450 e. The SMILES string of the molecule is CN(C)CCCN1C(=O)c2oc3ccc(Cl)cc3c(=O)c2C1(O)c1ccccc1F. The third kappa shape index (κ3) is 3.10. The number of hydrogen-bond acceptors (Lipinski definition) is 5. The van der Waals surface area contributed by atoms with Crippen LogP contribution in [0.2, 0.25) is 5.02 Å². The molecule has 0 radical (unpaired) electrons. The second-order valence-corrected chi connectivity index (χ2v) is 7.98. The Morgan fingerprint density at radius 1 is 1.20 bits per heavy atom. The molecule has 1 amide bonds. The zero-order valence-corrected chi connectivity index (χ0v) is 17.2. The third-order valence-corrected chi connectivity index (χ3v) is 5.50.